The van der Waals surface area contributed by atoms with Gasteiger partial charge in [0.1, 0.15) is 0 Å². The van der Waals surface area contributed by atoms with Crippen molar-refractivity contribution < 1.29 is 17.9 Å². The van der Waals surface area contributed by atoms with Crippen LogP contribution in [0.4, 0.5) is 0 Å². The minimum absolute atomic E-state index is 0.0771. The van der Waals surface area contributed by atoms with Crippen LogP contribution in [0.3, 0.4) is 0 Å². The Hall–Kier alpha value is -2.26. The van der Waals surface area contributed by atoms with Crippen molar-refractivity contribution in [2.75, 3.05) is 32.8 Å². The molecule has 8 heteroatoms. The van der Waals surface area contributed by atoms with Crippen molar-refractivity contribution in [3.05, 3.63) is 65.7 Å². The SMILES string of the molecule is CC(C)NS(=O)(=O)c1cccc(C(=O)N[C@@H](CN2CCOCC2)c2ccccc2)c1. The van der Waals surface area contributed by atoms with Gasteiger partial charge >= 0.3 is 0 Å². The number of ether oxygens (including phenoxy) is 1. The van der Waals surface area contributed by atoms with E-state index in [0.717, 1.165) is 18.7 Å². The number of hydrogen-bond acceptors (Lipinski definition) is 5. The Labute approximate surface area is 178 Å². The Bertz CT molecular complexity index is 942. The second kappa shape index (κ2) is 10.2. The molecule has 3 rings (SSSR count). The van der Waals surface area contributed by atoms with Gasteiger partial charge in [0.05, 0.1) is 24.2 Å². The number of nitrogens with one attached hydrogen (secondary N) is 2. The minimum atomic E-state index is -3.67. The number of hydrogen-bond donors (Lipinski definition) is 2. The fraction of sp³-hybridized carbons (Fsp3) is 0.409. The molecule has 1 aliphatic heterocycles. The number of nitrogens with zero attached hydrogens (tertiary/aromatic N) is 1. The van der Waals surface area contributed by atoms with Gasteiger partial charge in [0.15, 0.2) is 0 Å². The van der Waals surface area contributed by atoms with E-state index in [0.29, 0.717) is 25.3 Å². The molecule has 1 heterocycles. The summed E-state index contributed by atoms with van der Waals surface area (Å²) in [7, 11) is -3.67. The molecule has 0 aliphatic carbocycles. The van der Waals surface area contributed by atoms with Gasteiger partial charge in [-0.25, -0.2) is 13.1 Å². The van der Waals surface area contributed by atoms with Crippen molar-refractivity contribution in [2.24, 2.45) is 0 Å². The monoisotopic (exact) mass is 431 g/mol. The highest BCUT2D eigenvalue weighted by Gasteiger charge is 2.22. The Kier molecular flexibility index (Phi) is 7.60. The molecule has 7 nitrogen and oxygen atoms in total. The molecule has 1 amide bonds. The Morgan fingerprint density at radius 3 is 2.43 bits per heavy atom. The number of rotatable bonds is 8. The zero-order valence-corrected chi connectivity index (χ0v) is 18.2. The maximum absolute atomic E-state index is 13.0. The van der Waals surface area contributed by atoms with Gasteiger partial charge in [0.2, 0.25) is 10.0 Å². The van der Waals surface area contributed by atoms with Gasteiger partial charge in [-0.3, -0.25) is 9.69 Å². The van der Waals surface area contributed by atoms with Crippen molar-refractivity contribution >= 4 is 15.9 Å². The Balaban J connectivity index is 1.79. The second-order valence-electron chi connectivity index (χ2n) is 7.65. The third kappa shape index (κ3) is 6.12. The van der Waals surface area contributed by atoms with Crippen molar-refractivity contribution in [1.29, 1.82) is 0 Å². The molecule has 0 saturated carbocycles. The van der Waals surface area contributed by atoms with Crippen molar-refractivity contribution in [3.63, 3.8) is 0 Å². The molecule has 0 unspecified atom stereocenters. The molecule has 1 aliphatic rings. The lowest BCUT2D eigenvalue weighted by atomic mass is 10.1. The largest absolute Gasteiger partial charge is 0.379 e. The summed E-state index contributed by atoms with van der Waals surface area (Å²) in [6.45, 7) is 7.15. The van der Waals surface area contributed by atoms with Gasteiger partial charge in [0, 0.05) is 31.2 Å². The minimum Gasteiger partial charge on any atom is -0.379 e. The van der Waals surface area contributed by atoms with E-state index >= 15 is 0 Å². The van der Waals surface area contributed by atoms with E-state index < -0.39 is 10.0 Å². The highest BCUT2D eigenvalue weighted by Crippen LogP contribution is 2.18. The molecule has 0 bridgehead atoms. The second-order valence-corrected chi connectivity index (χ2v) is 9.37. The maximum Gasteiger partial charge on any atom is 0.251 e. The molecule has 0 radical (unpaired) electrons. The quantitative estimate of drug-likeness (QED) is 0.669. The first-order chi connectivity index (χ1) is 14.3. The Morgan fingerprint density at radius 1 is 1.07 bits per heavy atom. The van der Waals surface area contributed by atoms with Gasteiger partial charge < -0.3 is 10.1 Å². The van der Waals surface area contributed by atoms with E-state index in [-0.39, 0.29) is 22.9 Å². The Morgan fingerprint density at radius 2 is 1.77 bits per heavy atom. The van der Waals surface area contributed by atoms with E-state index in [9.17, 15) is 13.2 Å². The lowest BCUT2D eigenvalue weighted by molar-refractivity contribution is 0.0332. The van der Waals surface area contributed by atoms with Crippen LogP contribution >= 0.6 is 0 Å². The maximum atomic E-state index is 13.0. The molecule has 2 aromatic carbocycles. The summed E-state index contributed by atoms with van der Waals surface area (Å²) >= 11 is 0. The van der Waals surface area contributed by atoms with Crippen LogP contribution in [0.5, 0.6) is 0 Å². The highest BCUT2D eigenvalue weighted by atomic mass is 32.2. The number of amides is 1. The van der Waals surface area contributed by atoms with Crippen LogP contribution in [0, 0.1) is 0 Å². The van der Waals surface area contributed by atoms with Crippen molar-refractivity contribution in [3.8, 4) is 0 Å². The smallest absolute Gasteiger partial charge is 0.251 e. The molecule has 2 N–H and O–H groups in total. The molecule has 1 atom stereocenters. The molecule has 1 fully saturated rings. The van der Waals surface area contributed by atoms with Crippen LogP contribution in [0.2, 0.25) is 0 Å². The van der Waals surface area contributed by atoms with Crippen LogP contribution in [-0.2, 0) is 14.8 Å². The van der Waals surface area contributed by atoms with E-state index in [1.54, 1.807) is 26.0 Å². The number of sulfonamides is 1. The van der Waals surface area contributed by atoms with Crippen LogP contribution in [0.15, 0.2) is 59.5 Å². The van der Waals surface area contributed by atoms with Crippen LogP contribution < -0.4 is 10.0 Å². The van der Waals surface area contributed by atoms with E-state index in [1.807, 2.05) is 30.3 Å². The molecule has 162 valence electrons. The van der Waals surface area contributed by atoms with Crippen LogP contribution in [-0.4, -0.2) is 58.1 Å². The lowest BCUT2D eigenvalue weighted by Crippen LogP contribution is -2.43. The molecule has 0 spiro atoms. The molecule has 30 heavy (non-hydrogen) atoms. The molecular weight excluding hydrogens is 402 g/mol. The summed E-state index contributed by atoms with van der Waals surface area (Å²) in [5.74, 6) is -0.307. The standard InChI is InChI=1S/C22H29N3O4S/c1-17(2)24-30(27,28)20-10-6-9-19(15-20)22(26)23-21(18-7-4-3-5-8-18)16-25-11-13-29-14-12-25/h3-10,15,17,21,24H,11-14,16H2,1-2H3,(H,23,26)/t21-/m0/s1. The first kappa shape index (κ1) is 22.4. The molecule has 0 aromatic heterocycles. The fourth-order valence-electron chi connectivity index (χ4n) is 3.39. The summed E-state index contributed by atoms with van der Waals surface area (Å²) in [6, 6.07) is 15.5. The number of morpholine rings is 1. The first-order valence-electron chi connectivity index (χ1n) is 10.1. The topological polar surface area (TPSA) is 87.7 Å². The van der Waals surface area contributed by atoms with E-state index in [2.05, 4.69) is 14.9 Å². The van der Waals surface area contributed by atoms with Gasteiger partial charge in [-0.15, -0.1) is 0 Å². The fourth-order valence-corrected chi connectivity index (χ4v) is 4.68. The zero-order chi connectivity index (χ0) is 21.6. The summed E-state index contributed by atoms with van der Waals surface area (Å²) in [5.41, 5.74) is 1.31. The third-order valence-corrected chi connectivity index (χ3v) is 6.51. The van der Waals surface area contributed by atoms with Gasteiger partial charge in [-0.1, -0.05) is 36.4 Å². The van der Waals surface area contributed by atoms with Gasteiger partial charge in [-0.05, 0) is 37.6 Å². The summed E-state index contributed by atoms with van der Waals surface area (Å²) < 4.78 is 32.9. The average Bonchev–Trinajstić information content (AvgIpc) is 2.74. The van der Waals surface area contributed by atoms with Crippen molar-refractivity contribution in [2.45, 2.75) is 30.8 Å². The number of carbonyl (C=O) groups excluding carboxylic acids is 1. The molecule has 1 saturated heterocycles. The summed E-state index contributed by atoms with van der Waals surface area (Å²) in [6.07, 6.45) is 0. The first-order valence-corrected chi connectivity index (χ1v) is 11.6. The van der Waals surface area contributed by atoms with Crippen molar-refractivity contribution in [1.82, 2.24) is 14.9 Å². The normalized spacial score (nSPS) is 16.4. The van der Waals surface area contributed by atoms with Crippen LogP contribution in [0.1, 0.15) is 35.8 Å². The molecular formula is C22H29N3O4S. The summed E-state index contributed by atoms with van der Waals surface area (Å²) in [4.78, 5) is 15.3. The average molecular weight is 432 g/mol. The highest BCUT2D eigenvalue weighted by molar-refractivity contribution is 7.89. The number of carbonyl (C=O) groups is 1. The third-order valence-electron chi connectivity index (χ3n) is 4.85. The predicted octanol–water partition coefficient (Wildman–Crippen LogP) is 2.18. The van der Waals surface area contributed by atoms with Gasteiger partial charge in [0.25, 0.3) is 5.91 Å². The van der Waals surface area contributed by atoms with Crippen LogP contribution in [0.25, 0.3) is 0 Å². The van der Waals surface area contributed by atoms with Gasteiger partial charge in [-0.2, -0.15) is 0 Å². The van der Waals surface area contributed by atoms with E-state index in [4.69, 9.17) is 4.74 Å². The van der Waals surface area contributed by atoms with E-state index in [1.165, 1.54) is 12.1 Å². The summed E-state index contributed by atoms with van der Waals surface area (Å²) in [5, 5.41) is 3.08. The zero-order valence-electron chi connectivity index (χ0n) is 17.4. The number of benzene rings is 2. The molecule has 2 aromatic rings. The lowest BCUT2D eigenvalue weighted by Gasteiger charge is -2.31. The predicted molar refractivity (Wildman–Crippen MR) is 116 cm³/mol.